The van der Waals surface area contributed by atoms with Crippen molar-refractivity contribution in [1.82, 2.24) is 15.3 Å². The summed E-state index contributed by atoms with van der Waals surface area (Å²) >= 11 is 0. The summed E-state index contributed by atoms with van der Waals surface area (Å²) in [5.74, 6) is 0.711. The van der Waals surface area contributed by atoms with Crippen LogP contribution in [0.2, 0.25) is 0 Å². The van der Waals surface area contributed by atoms with E-state index in [9.17, 15) is 4.79 Å². The van der Waals surface area contributed by atoms with E-state index in [2.05, 4.69) is 45.3 Å². The number of amides is 1. The summed E-state index contributed by atoms with van der Waals surface area (Å²) in [5, 5.41) is 3.17. The molecular weight excluding hydrogens is 386 g/mol. The van der Waals surface area contributed by atoms with Gasteiger partial charge in [-0.05, 0) is 58.1 Å². The van der Waals surface area contributed by atoms with Crippen molar-refractivity contribution in [2.45, 2.75) is 77.2 Å². The van der Waals surface area contributed by atoms with Gasteiger partial charge in [-0.1, -0.05) is 37.0 Å². The first-order valence-electron chi connectivity index (χ1n) is 11.5. The molecule has 1 aromatic carbocycles. The molecule has 0 unspecified atom stereocenters. The highest BCUT2D eigenvalue weighted by Gasteiger charge is 2.52. The fraction of sp³-hybridized carbons (Fsp3) is 0.520. The summed E-state index contributed by atoms with van der Waals surface area (Å²) in [4.78, 5) is 28.9. The average Bonchev–Trinajstić information content (AvgIpc) is 3.48. The number of rotatable bonds is 4. The van der Waals surface area contributed by atoms with Crippen LogP contribution in [-0.4, -0.2) is 34.2 Å². The summed E-state index contributed by atoms with van der Waals surface area (Å²) in [6, 6.07) is 6.95. The van der Waals surface area contributed by atoms with Gasteiger partial charge >= 0.3 is 0 Å². The molecule has 0 atom stereocenters. The number of hydrogen-bond donors (Lipinski definition) is 1. The van der Waals surface area contributed by atoms with Gasteiger partial charge in [0.25, 0.3) is 5.91 Å². The second-order valence-electron chi connectivity index (χ2n) is 9.52. The van der Waals surface area contributed by atoms with E-state index in [1.54, 1.807) is 13.3 Å². The zero-order chi connectivity index (χ0) is 21.6. The molecule has 2 fully saturated rings. The van der Waals surface area contributed by atoms with E-state index in [1.165, 1.54) is 48.9 Å². The smallest absolute Gasteiger partial charge is 0.265 e. The lowest BCUT2D eigenvalue weighted by Crippen LogP contribution is -2.39. The molecule has 1 aliphatic heterocycles. The summed E-state index contributed by atoms with van der Waals surface area (Å²) in [5.41, 5.74) is 6.12. The average molecular weight is 418 g/mol. The lowest BCUT2D eigenvalue weighted by atomic mass is 9.95. The van der Waals surface area contributed by atoms with Gasteiger partial charge < -0.3 is 10.2 Å². The molecule has 0 radical (unpaired) electrons. The van der Waals surface area contributed by atoms with Gasteiger partial charge in [-0.15, -0.1) is 0 Å². The molecule has 2 saturated carbocycles. The van der Waals surface area contributed by atoms with Crippen LogP contribution in [-0.2, 0) is 10.2 Å². The van der Waals surface area contributed by atoms with E-state index < -0.39 is 0 Å². The molecule has 6 nitrogen and oxygen atoms in total. The molecule has 31 heavy (non-hydrogen) atoms. The summed E-state index contributed by atoms with van der Waals surface area (Å²) in [6.07, 6.45) is 9.79. The van der Waals surface area contributed by atoms with Crippen LogP contribution in [0.25, 0.3) is 0 Å². The standard InChI is InChI=1S/C25H31N5O/c1-16-9-10-21-20(13-16)25(11-12-25)14-30(21)23-22(17(2)26-15-27-23)28-18(3)24(31)29-19-7-5-4-6-8-19/h9-10,13,15,19H,4-8,11-12,14H2,1-3H3,(H,29,31)/b28-18+. The third-order valence-electron chi connectivity index (χ3n) is 7.12. The first kappa shape index (κ1) is 20.2. The second kappa shape index (κ2) is 7.74. The maximum absolute atomic E-state index is 12.8. The number of aromatic nitrogens is 2. The Hall–Kier alpha value is -2.76. The fourth-order valence-corrected chi connectivity index (χ4v) is 5.09. The van der Waals surface area contributed by atoms with Crippen molar-refractivity contribution in [3.63, 3.8) is 0 Å². The van der Waals surface area contributed by atoms with Crippen LogP contribution in [0.1, 0.15) is 68.7 Å². The molecule has 1 aromatic heterocycles. The zero-order valence-corrected chi connectivity index (χ0v) is 18.7. The molecular formula is C25H31N5O. The fourth-order valence-electron chi connectivity index (χ4n) is 5.09. The van der Waals surface area contributed by atoms with Gasteiger partial charge in [0.15, 0.2) is 5.82 Å². The van der Waals surface area contributed by atoms with Crippen molar-refractivity contribution in [3.05, 3.63) is 41.3 Å². The Kier molecular flexibility index (Phi) is 5.03. The molecule has 1 N–H and O–H groups in total. The van der Waals surface area contributed by atoms with Gasteiger partial charge in [-0.25, -0.2) is 15.0 Å². The predicted molar refractivity (Wildman–Crippen MR) is 124 cm³/mol. The largest absolute Gasteiger partial charge is 0.348 e. The van der Waals surface area contributed by atoms with E-state index in [4.69, 9.17) is 4.99 Å². The number of aryl methyl sites for hydroxylation is 2. The molecule has 2 aliphatic carbocycles. The molecule has 5 rings (SSSR count). The van der Waals surface area contributed by atoms with Gasteiger partial charge in [-0.2, -0.15) is 0 Å². The van der Waals surface area contributed by atoms with Gasteiger partial charge in [0.05, 0.1) is 5.69 Å². The maximum Gasteiger partial charge on any atom is 0.265 e. The van der Waals surface area contributed by atoms with Crippen LogP contribution in [0, 0.1) is 13.8 Å². The van der Waals surface area contributed by atoms with Gasteiger partial charge in [0, 0.05) is 23.7 Å². The van der Waals surface area contributed by atoms with E-state index in [0.717, 1.165) is 30.9 Å². The minimum absolute atomic E-state index is 0.0859. The molecule has 1 spiro atoms. The number of carbonyl (C=O) groups excluding carboxylic acids is 1. The number of anilines is 2. The van der Waals surface area contributed by atoms with Crippen molar-refractivity contribution < 1.29 is 4.79 Å². The monoisotopic (exact) mass is 417 g/mol. The van der Waals surface area contributed by atoms with Crippen molar-refractivity contribution in [1.29, 1.82) is 0 Å². The Morgan fingerprint density at radius 1 is 1.16 bits per heavy atom. The third kappa shape index (κ3) is 3.73. The number of nitrogens with one attached hydrogen (secondary N) is 1. The molecule has 0 bridgehead atoms. The highest BCUT2D eigenvalue weighted by molar-refractivity contribution is 6.38. The quantitative estimate of drug-likeness (QED) is 0.724. The SMILES string of the molecule is C/C(=N\c1c(C)ncnc1N1CC2(CC2)c2cc(C)ccc21)C(=O)NC1CCCCC1. The Morgan fingerprint density at radius 2 is 1.94 bits per heavy atom. The highest BCUT2D eigenvalue weighted by Crippen LogP contribution is 2.58. The first-order valence-corrected chi connectivity index (χ1v) is 11.5. The van der Waals surface area contributed by atoms with Crippen molar-refractivity contribution in [3.8, 4) is 0 Å². The van der Waals surface area contributed by atoms with Crippen molar-refractivity contribution >= 4 is 28.8 Å². The van der Waals surface area contributed by atoms with Crippen molar-refractivity contribution in [2.75, 3.05) is 11.4 Å². The summed E-state index contributed by atoms with van der Waals surface area (Å²) < 4.78 is 0. The number of hydrogen-bond acceptors (Lipinski definition) is 5. The van der Waals surface area contributed by atoms with E-state index in [1.807, 2.05) is 6.92 Å². The molecule has 2 aromatic rings. The Labute approximate surface area is 184 Å². The van der Waals surface area contributed by atoms with Gasteiger partial charge in [0.2, 0.25) is 0 Å². The zero-order valence-electron chi connectivity index (χ0n) is 18.7. The van der Waals surface area contributed by atoms with Gasteiger partial charge in [-0.3, -0.25) is 4.79 Å². The lowest BCUT2D eigenvalue weighted by molar-refractivity contribution is -0.115. The minimum atomic E-state index is -0.0859. The number of fused-ring (bicyclic) bond motifs is 2. The lowest BCUT2D eigenvalue weighted by Gasteiger charge is -2.23. The summed E-state index contributed by atoms with van der Waals surface area (Å²) in [6.45, 7) is 6.79. The van der Waals surface area contributed by atoms with Crippen LogP contribution in [0.15, 0.2) is 29.5 Å². The van der Waals surface area contributed by atoms with Crippen LogP contribution < -0.4 is 10.2 Å². The predicted octanol–water partition coefficient (Wildman–Crippen LogP) is 4.82. The van der Waals surface area contributed by atoms with Crippen LogP contribution in [0.5, 0.6) is 0 Å². The second-order valence-corrected chi connectivity index (χ2v) is 9.52. The Morgan fingerprint density at radius 3 is 2.68 bits per heavy atom. The number of benzene rings is 1. The summed E-state index contributed by atoms with van der Waals surface area (Å²) in [7, 11) is 0. The molecule has 162 valence electrons. The number of nitrogens with zero attached hydrogens (tertiary/aromatic N) is 4. The van der Waals surface area contributed by atoms with Crippen LogP contribution in [0.4, 0.5) is 17.2 Å². The van der Waals surface area contributed by atoms with Crippen LogP contribution in [0.3, 0.4) is 0 Å². The molecule has 6 heteroatoms. The normalized spacial score (nSPS) is 20.1. The molecule has 1 amide bonds. The van der Waals surface area contributed by atoms with E-state index in [0.29, 0.717) is 11.4 Å². The van der Waals surface area contributed by atoms with Crippen molar-refractivity contribution in [2.24, 2.45) is 4.99 Å². The maximum atomic E-state index is 12.8. The van der Waals surface area contributed by atoms with E-state index >= 15 is 0 Å². The number of carbonyl (C=O) groups is 1. The number of aliphatic imine (C=N–C) groups is 1. The van der Waals surface area contributed by atoms with Crippen LogP contribution >= 0.6 is 0 Å². The van der Waals surface area contributed by atoms with E-state index in [-0.39, 0.29) is 17.4 Å². The highest BCUT2D eigenvalue weighted by atomic mass is 16.1. The molecule has 3 aliphatic rings. The molecule has 0 saturated heterocycles. The Bertz CT molecular complexity index is 1050. The molecule has 2 heterocycles. The van der Waals surface area contributed by atoms with Gasteiger partial charge in [0.1, 0.15) is 17.7 Å². The minimum Gasteiger partial charge on any atom is -0.348 e. The first-order chi connectivity index (χ1) is 15.0. The Balaban J connectivity index is 1.47. The third-order valence-corrected chi connectivity index (χ3v) is 7.12. The topological polar surface area (TPSA) is 70.5 Å².